The Labute approximate surface area is 228 Å². The molecule has 0 bridgehead atoms. The van der Waals surface area contributed by atoms with Gasteiger partial charge in [0.15, 0.2) is 5.78 Å². The Bertz CT molecular complexity index is 1410. The van der Waals surface area contributed by atoms with Crippen LogP contribution in [0.5, 0.6) is 5.75 Å². The Hall–Kier alpha value is -3.83. The molecule has 3 aromatic carbocycles. The lowest BCUT2D eigenvalue weighted by Gasteiger charge is -2.36. The van der Waals surface area contributed by atoms with Crippen LogP contribution in [0.2, 0.25) is 5.02 Å². The number of dihydropyridines is 1. The summed E-state index contributed by atoms with van der Waals surface area (Å²) in [5.41, 5.74) is 5.60. The molecule has 38 heavy (non-hydrogen) atoms. The fourth-order valence-corrected chi connectivity index (χ4v) is 5.62. The van der Waals surface area contributed by atoms with E-state index in [4.69, 9.17) is 21.1 Å². The van der Waals surface area contributed by atoms with Crippen LogP contribution in [0.15, 0.2) is 101 Å². The van der Waals surface area contributed by atoms with E-state index in [-0.39, 0.29) is 18.3 Å². The van der Waals surface area contributed by atoms with Crippen molar-refractivity contribution in [2.24, 2.45) is 0 Å². The molecule has 0 radical (unpaired) electrons. The lowest BCUT2D eigenvalue weighted by Crippen LogP contribution is -2.36. The molecule has 6 heteroatoms. The van der Waals surface area contributed by atoms with Gasteiger partial charge in [-0.2, -0.15) is 0 Å². The fraction of sp³-hybridized carbons (Fsp3) is 0.250. The number of carbonyl (C=O) groups excluding carboxylic acids is 2. The van der Waals surface area contributed by atoms with Crippen molar-refractivity contribution in [1.82, 2.24) is 5.32 Å². The number of nitrogens with one attached hydrogen (secondary N) is 1. The summed E-state index contributed by atoms with van der Waals surface area (Å²) in [4.78, 5) is 27.2. The quantitative estimate of drug-likeness (QED) is 0.355. The molecule has 1 aliphatic heterocycles. The zero-order valence-electron chi connectivity index (χ0n) is 21.5. The Morgan fingerprint density at radius 3 is 2.45 bits per heavy atom. The van der Waals surface area contributed by atoms with E-state index in [1.54, 1.807) is 13.2 Å². The van der Waals surface area contributed by atoms with Crippen LogP contribution in [-0.2, 0) is 20.7 Å². The summed E-state index contributed by atoms with van der Waals surface area (Å²) in [5.74, 6) is -0.133. The summed E-state index contributed by atoms with van der Waals surface area (Å²) in [6.07, 6.45) is 1.64. The van der Waals surface area contributed by atoms with E-state index in [1.807, 2.05) is 79.7 Å². The van der Waals surface area contributed by atoms with Crippen LogP contribution in [0.25, 0.3) is 0 Å². The molecule has 5 nitrogen and oxygen atoms in total. The Morgan fingerprint density at radius 2 is 1.74 bits per heavy atom. The van der Waals surface area contributed by atoms with Crippen molar-refractivity contribution in [1.29, 1.82) is 0 Å². The number of hydrogen-bond donors (Lipinski definition) is 1. The van der Waals surface area contributed by atoms with E-state index in [0.29, 0.717) is 41.1 Å². The van der Waals surface area contributed by atoms with Gasteiger partial charge in [0.2, 0.25) is 0 Å². The van der Waals surface area contributed by atoms with E-state index in [0.717, 1.165) is 28.1 Å². The Kier molecular flexibility index (Phi) is 7.66. The highest BCUT2D eigenvalue weighted by molar-refractivity contribution is 6.30. The maximum Gasteiger partial charge on any atom is 0.336 e. The molecule has 0 amide bonds. The van der Waals surface area contributed by atoms with Gasteiger partial charge < -0.3 is 14.8 Å². The molecule has 2 unspecified atom stereocenters. The normalized spacial score (nSPS) is 19.1. The molecule has 194 valence electrons. The first-order valence-corrected chi connectivity index (χ1v) is 13.2. The van der Waals surface area contributed by atoms with E-state index in [1.165, 1.54) is 0 Å². The summed E-state index contributed by atoms with van der Waals surface area (Å²) in [5, 5.41) is 3.96. The van der Waals surface area contributed by atoms with Gasteiger partial charge in [0.25, 0.3) is 0 Å². The second kappa shape index (κ2) is 11.3. The van der Waals surface area contributed by atoms with Gasteiger partial charge >= 0.3 is 5.97 Å². The van der Waals surface area contributed by atoms with Crippen LogP contribution in [0.1, 0.15) is 48.3 Å². The van der Waals surface area contributed by atoms with Gasteiger partial charge in [-0.1, -0.05) is 66.2 Å². The second-order valence-electron chi connectivity index (χ2n) is 9.72. The highest BCUT2D eigenvalue weighted by Gasteiger charge is 2.41. The van der Waals surface area contributed by atoms with Gasteiger partial charge in [0.1, 0.15) is 5.75 Å². The maximum atomic E-state index is 13.7. The number of halogens is 1. The summed E-state index contributed by atoms with van der Waals surface area (Å²) in [7, 11) is 1.64. The molecular weight excluding hydrogens is 498 g/mol. The third-order valence-corrected chi connectivity index (χ3v) is 7.52. The summed E-state index contributed by atoms with van der Waals surface area (Å²) < 4.78 is 11.0. The summed E-state index contributed by atoms with van der Waals surface area (Å²) >= 11 is 6.36. The van der Waals surface area contributed by atoms with Crippen LogP contribution in [0.4, 0.5) is 0 Å². The average Bonchev–Trinajstić information content (AvgIpc) is 2.92. The molecule has 1 N–H and O–H groups in total. The number of allylic oxidation sites excluding steroid dienone is 3. The Morgan fingerprint density at radius 1 is 0.974 bits per heavy atom. The average molecular weight is 528 g/mol. The zero-order valence-corrected chi connectivity index (χ0v) is 22.3. The molecule has 0 spiro atoms. The first-order chi connectivity index (χ1) is 18.4. The van der Waals surface area contributed by atoms with Gasteiger partial charge in [-0.05, 0) is 60.2 Å². The van der Waals surface area contributed by atoms with E-state index in [2.05, 4.69) is 5.32 Å². The predicted molar refractivity (Wildman–Crippen MR) is 148 cm³/mol. The number of carbonyl (C=O) groups is 2. The van der Waals surface area contributed by atoms with Crippen molar-refractivity contribution in [3.63, 3.8) is 0 Å². The minimum atomic E-state index is -0.543. The van der Waals surface area contributed by atoms with Crippen LogP contribution in [-0.4, -0.2) is 25.5 Å². The number of ether oxygens (including phenoxy) is 2. The molecule has 5 rings (SSSR count). The zero-order chi connectivity index (χ0) is 26.6. The minimum Gasteiger partial charge on any atom is -0.497 e. The maximum absolute atomic E-state index is 13.7. The monoisotopic (exact) mass is 527 g/mol. The summed E-state index contributed by atoms with van der Waals surface area (Å²) in [6.45, 7) is 2.12. The third-order valence-electron chi connectivity index (χ3n) is 7.28. The number of rotatable bonds is 7. The van der Waals surface area contributed by atoms with E-state index in [9.17, 15) is 9.59 Å². The molecule has 0 saturated carbocycles. The number of Topliss-reactive ketones (excluding diaryl/α,β-unsaturated/α-hetero) is 1. The first kappa shape index (κ1) is 25.8. The van der Waals surface area contributed by atoms with Gasteiger partial charge in [-0.15, -0.1) is 0 Å². The molecule has 3 aromatic rings. The molecule has 2 atom stereocenters. The lowest BCUT2D eigenvalue weighted by molar-refractivity contribution is -0.139. The predicted octanol–water partition coefficient (Wildman–Crippen LogP) is 6.50. The molecule has 1 aliphatic carbocycles. The number of methoxy groups -OCH3 is 1. The van der Waals surface area contributed by atoms with Crippen molar-refractivity contribution in [2.75, 3.05) is 13.7 Å². The minimum absolute atomic E-state index is 0.0200. The highest BCUT2D eigenvalue weighted by atomic mass is 35.5. The number of esters is 1. The number of hydrogen-bond acceptors (Lipinski definition) is 5. The largest absolute Gasteiger partial charge is 0.497 e. The van der Waals surface area contributed by atoms with Crippen molar-refractivity contribution < 1.29 is 19.1 Å². The topological polar surface area (TPSA) is 64.6 Å². The molecule has 0 fully saturated rings. The SMILES string of the molecule is COc1ccc(C2CC(=O)C3=C(C2)NC(C)=C(C(=O)OCCc2ccccc2)C3c2cccc(Cl)c2)cc1. The van der Waals surface area contributed by atoms with Gasteiger partial charge in [0.05, 0.1) is 19.3 Å². The van der Waals surface area contributed by atoms with Crippen LogP contribution >= 0.6 is 11.6 Å². The first-order valence-electron chi connectivity index (χ1n) is 12.8. The second-order valence-corrected chi connectivity index (χ2v) is 10.2. The fourth-order valence-electron chi connectivity index (χ4n) is 5.42. The molecule has 2 aliphatic rings. The molecule has 0 saturated heterocycles. The molecule has 1 heterocycles. The van der Waals surface area contributed by atoms with Crippen LogP contribution in [0, 0.1) is 0 Å². The van der Waals surface area contributed by atoms with Crippen LogP contribution < -0.4 is 10.1 Å². The molecular formula is C32H30ClNO4. The van der Waals surface area contributed by atoms with Gasteiger partial charge in [-0.25, -0.2) is 4.79 Å². The highest BCUT2D eigenvalue weighted by Crippen LogP contribution is 2.46. The van der Waals surface area contributed by atoms with Crippen LogP contribution in [0.3, 0.4) is 0 Å². The van der Waals surface area contributed by atoms with Gasteiger partial charge in [0, 0.05) is 40.7 Å². The third kappa shape index (κ3) is 5.39. The van der Waals surface area contributed by atoms with E-state index >= 15 is 0 Å². The van der Waals surface area contributed by atoms with Crippen molar-refractivity contribution in [3.8, 4) is 5.75 Å². The number of ketones is 1. The van der Waals surface area contributed by atoms with Crippen molar-refractivity contribution >= 4 is 23.4 Å². The standard InChI is InChI=1S/C32H30ClNO4/c1-20-29(32(36)38-16-15-21-7-4-3-5-8-21)30(23-9-6-10-25(33)17-23)31-27(34-20)18-24(19-28(31)35)22-11-13-26(37-2)14-12-22/h3-14,17,24,30,34H,15-16,18-19H2,1-2H3. The Balaban J connectivity index is 1.45. The van der Waals surface area contributed by atoms with Crippen molar-refractivity contribution in [3.05, 3.63) is 123 Å². The molecule has 0 aromatic heterocycles. The van der Waals surface area contributed by atoms with Gasteiger partial charge in [-0.3, -0.25) is 4.79 Å². The van der Waals surface area contributed by atoms with Crippen molar-refractivity contribution in [2.45, 2.75) is 38.0 Å². The summed E-state index contributed by atoms with van der Waals surface area (Å²) in [6, 6.07) is 25.1. The lowest BCUT2D eigenvalue weighted by atomic mass is 9.72. The smallest absolute Gasteiger partial charge is 0.336 e. The number of benzene rings is 3. The van der Waals surface area contributed by atoms with E-state index < -0.39 is 11.9 Å².